The van der Waals surface area contributed by atoms with Gasteiger partial charge in [-0.3, -0.25) is 4.79 Å². The summed E-state index contributed by atoms with van der Waals surface area (Å²) < 4.78 is 0. The van der Waals surface area contributed by atoms with Crippen LogP contribution in [0.5, 0.6) is 0 Å². The van der Waals surface area contributed by atoms with E-state index in [-0.39, 0.29) is 0 Å². The molecule has 2 nitrogen and oxygen atoms in total. The van der Waals surface area contributed by atoms with Gasteiger partial charge in [0.25, 0.3) is 0 Å². The molecule has 0 aromatic carbocycles. The van der Waals surface area contributed by atoms with Crippen LogP contribution in [0.2, 0.25) is 0 Å². The molecule has 1 amide bonds. The summed E-state index contributed by atoms with van der Waals surface area (Å²) in [6.45, 7) is 6.85. The molecule has 0 aliphatic heterocycles. The number of amides is 1. The second-order valence-corrected chi connectivity index (χ2v) is 5.66. The van der Waals surface area contributed by atoms with E-state index in [1.807, 2.05) is 4.90 Å². The van der Waals surface area contributed by atoms with Gasteiger partial charge in [-0.25, -0.2) is 0 Å². The van der Waals surface area contributed by atoms with Gasteiger partial charge in [0.2, 0.25) is 5.91 Å². The van der Waals surface area contributed by atoms with E-state index in [4.69, 9.17) is 0 Å². The number of rotatable bonds is 8. The molecular formula is C16H25NO. The highest BCUT2D eigenvalue weighted by atomic mass is 16.2. The van der Waals surface area contributed by atoms with Crippen molar-refractivity contribution in [2.45, 2.75) is 45.4 Å². The molecule has 0 radical (unpaired) electrons. The predicted octanol–water partition coefficient (Wildman–Crippen LogP) is 3.75. The van der Waals surface area contributed by atoms with Crippen molar-refractivity contribution < 1.29 is 4.79 Å². The maximum absolute atomic E-state index is 11.9. The Morgan fingerprint density at radius 3 is 2.72 bits per heavy atom. The Labute approximate surface area is 111 Å². The molecule has 100 valence electrons. The molecule has 0 aromatic rings. The van der Waals surface area contributed by atoms with E-state index >= 15 is 0 Å². The van der Waals surface area contributed by atoms with Crippen LogP contribution in [0.1, 0.15) is 45.4 Å². The number of carbonyl (C=O) groups excluding carboxylic acids is 1. The Hall–Kier alpha value is -1.05. The highest BCUT2D eigenvalue weighted by Crippen LogP contribution is 2.43. The normalized spacial score (nSPS) is 26.3. The Morgan fingerprint density at radius 1 is 1.33 bits per heavy atom. The minimum absolute atomic E-state index is 0.307. The van der Waals surface area contributed by atoms with E-state index in [0.29, 0.717) is 11.8 Å². The van der Waals surface area contributed by atoms with Gasteiger partial charge in [-0.15, -0.1) is 0 Å². The highest BCUT2D eigenvalue weighted by Gasteiger charge is 2.40. The monoisotopic (exact) mass is 247 g/mol. The summed E-state index contributed by atoms with van der Waals surface area (Å²) in [5.41, 5.74) is 0. The summed E-state index contributed by atoms with van der Waals surface area (Å²) in [6.07, 6.45) is 13.3. The first kappa shape index (κ1) is 13.4. The lowest BCUT2D eigenvalue weighted by atomic mass is 10.1. The fraction of sp³-hybridized carbons (Fsp3) is 0.688. The van der Waals surface area contributed by atoms with Gasteiger partial charge >= 0.3 is 0 Å². The van der Waals surface area contributed by atoms with Crippen LogP contribution in [0.15, 0.2) is 24.9 Å². The molecule has 0 heterocycles. The molecule has 0 aromatic heterocycles. The van der Waals surface area contributed by atoms with Gasteiger partial charge in [-0.05, 0) is 56.6 Å². The molecule has 2 saturated carbocycles. The minimum Gasteiger partial charge on any atom is -0.319 e. The molecular weight excluding hydrogens is 222 g/mol. The lowest BCUT2D eigenvalue weighted by Gasteiger charge is -2.17. The smallest absolute Gasteiger partial charge is 0.229 e. The van der Waals surface area contributed by atoms with Crippen LogP contribution >= 0.6 is 0 Å². The molecule has 2 aliphatic carbocycles. The van der Waals surface area contributed by atoms with Crippen molar-refractivity contribution >= 4 is 5.91 Å². The van der Waals surface area contributed by atoms with E-state index in [9.17, 15) is 4.79 Å². The van der Waals surface area contributed by atoms with Crippen LogP contribution in [0.4, 0.5) is 0 Å². The van der Waals surface area contributed by atoms with Gasteiger partial charge in [0.15, 0.2) is 0 Å². The van der Waals surface area contributed by atoms with Gasteiger partial charge < -0.3 is 4.90 Å². The molecule has 2 aliphatic rings. The number of allylic oxidation sites excluding steroid dienone is 2. The lowest BCUT2D eigenvalue weighted by Crippen LogP contribution is -2.29. The van der Waals surface area contributed by atoms with Crippen LogP contribution in [-0.4, -0.2) is 17.4 Å². The summed E-state index contributed by atoms with van der Waals surface area (Å²) in [6, 6.07) is 0. The quantitative estimate of drug-likeness (QED) is 0.598. The molecule has 0 bridgehead atoms. The van der Waals surface area contributed by atoms with Crippen molar-refractivity contribution in [3.05, 3.63) is 24.9 Å². The van der Waals surface area contributed by atoms with Crippen LogP contribution < -0.4 is 0 Å². The molecule has 2 heteroatoms. The molecule has 18 heavy (non-hydrogen) atoms. The standard InChI is InChI=1S/C16H25NO/c1-3-5-6-7-8-14-11-15(14)12-17(4-2)16(18)13-9-10-13/h4-6,13-15H,2-3,7-12H2,1H3/b6-5-/t14-,15-/m0/s1. The first-order valence-corrected chi connectivity index (χ1v) is 7.34. The van der Waals surface area contributed by atoms with Crippen LogP contribution in [-0.2, 0) is 4.79 Å². The highest BCUT2D eigenvalue weighted by molar-refractivity contribution is 5.81. The zero-order valence-corrected chi connectivity index (χ0v) is 11.5. The van der Waals surface area contributed by atoms with E-state index in [1.54, 1.807) is 6.20 Å². The van der Waals surface area contributed by atoms with E-state index in [2.05, 4.69) is 25.7 Å². The molecule has 2 atom stereocenters. The predicted molar refractivity (Wildman–Crippen MR) is 74.9 cm³/mol. The average Bonchev–Trinajstić information content (AvgIpc) is 3.26. The summed E-state index contributed by atoms with van der Waals surface area (Å²) in [5.74, 6) is 2.18. The third-order valence-corrected chi connectivity index (χ3v) is 4.04. The summed E-state index contributed by atoms with van der Waals surface area (Å²) in [4.78, 5) is 13.8. The maximum Gasteiger partial charge on any atom is 0.229 e. The number of nitrogens with zero attached hydrogens (tertiary/aromatic N) is 1. The van der Waals surface area contributed by atoms with E-state index in [1.165, 1.54) is 19.3 Å². The first-order valence-electron chi connectivity index (χ1n) is 7.34. The van der Waals surface area contributed by atoms with Crippen molar-refractivity contribution in [3.8, 4) is 0 Å². The van der Waals surface area contributed by atoms with Gasteiger partial charge in [-0.2, -0.15) is 0 Å². The Bertz CT molecular complexity index is 330. The largest absolute Gasteiger partial charge is 0.319 e. The van der Waals surface area contributed by atoms with E-state index in [0.717, 1.165) is 37.6 Å². The Kier molecular flexibility index (Phi) is 4.62. The third-order valence-electron chi connectivity index (χ3n) is 4.04. The van der Waals surface area contributed by atoms with Crippen molar-refractivity contribution in [1.82, 2.24) is 4.90 Å². The van der Waals surface area contributed by atoms with Crippen molar-refractivity contribution in [1.29, 1.82) is 0 Å². The molecule has 0 spiro atoms. The fourth-order valence-electron chi connectivity index (χ4n) is 2.55. The molecule has 0 N–H and O–H groups in total. The summed E-state index contributed by atoms with van der Waals surface area (Å²) in [7, 11) is 0. The van der Waals surface area contributed by atoms with Gasteiger partial charge in [0.1, 0.15) is 0 Å². The minimum atomic E-state index is 0.307. The SMILES string of the molecule is C=CN(C[C@@H]1C[C@@H]1CC/C=C\CC)C(=O)C1CC1. The Morgan fingerprint density at radius 2 is 2.11 bits per heavy atom. The number of hydrogen-bond acceptors (Lipinski definition) is 1. The zero-order chi connectivity index (χ0) is 13.0. The zero-order valence-electron chi connectivity index (χ0n) is 11.5. The molecule has 0 unspecified atom stereocenters. The van der Waals surface area contributed by atoms with Crippen molar-refractivity contribution in [3.63, 3.8) is 0 Å². The molecule has 0 saturated heterocycles. The Balaban J connectivity index is 1.66. The summed E-state index contributed by atoms with van der Waals surface area (Å²) >= 11 is 0. The van der Waals surface area contributed by atoms with Crippen molar-refractivity contribution in [2.24, 2.45) is 17.8 Å². The van der Waals surface area contributed by atoms with Gasteiger partial charge in [0.05, 0.1) is 0 Å². The number of hydrogen-bond donors (Lipinski definition) is 0. The molecule has 2 rings (SSSR count). The van der Waals surface area contributed by atoms with Crippen molar-refractivity contribution in [2.75, 3.05) is 6.54 Å². The third kappa shape index (κ3) is 3.72. The van der Waals surface area contributed by atoms with Crippen LogP contribution in [0.25, 0.3) is 0 Å². The van der Waals surface area contributed by atoms with Crippen LogP contribution in [0.3, 0.4) is 0 Å². The second-order valence-electron chi connectivity index (χ2n) is 5.66. The average molecular weight is 247 g/mol. The fourth-order valence-corrected chi connectivity index (χ4v) is 2.55. The summed E-state index contributed by atoms with van der Waals surface area (Å²) in [5, 5.41) is 0. The van der Waals surface area contributed by atoms with Crippen LogP contribution in [0, 0.1) is 17.8 Å². The maximum atomic E-state index is 11.9. The number of carbonyl (C=O) groups is 1. The second kappa shape index (κ2) is 6.21. The lowest BCUT2D eigenvalue weighted by molar-refractivity contribution is -0.130. The topological polar surface area (TPSA) is 20.3 Å². The van der Waals surface area contributed by atoms with Gasteiger partial charge in [0, 0.05) is 12.5 Å². The first-order chi connectivity index (χ1) is 8.76. The van der Waals surface area contributed by atoms with E-state index < -0.39 is 0 Å². The van der Waals surface area contributed by atoms with Gasteiger partial charge in [-0.1, -0.05) is 25.7 Å². The molecule has 2 fully saturated rings.